The number of carbonyl (C=O) groups is 1. The number of hydrogen-bond donors (Lipinski definition) is 2. The molecule has 0 unspecified atom stereocenters. The van der Waals surface area contributed by atoms with Crippen LogP contribution < -0.4 is 11.1 Å². The molecule has 0 aromatic rings. The van der Waals surface area contributed by atoms with Crippen molar-refractivity contribution in [2.75, 3.05) is 18.6 Å². The van der Waals surface area contributed by atoms with Gasteiger partial charge in [-0.2, -0.15) is 11.8 Å². The minimum atomic E-state index is -0.536. The molecule has 3 nitrogen and oxygen atoms in total. The van der Waals surface area contributed by atoms with Crippen molar-refractivity contribution in [1.82, 2.24) is 5.32 Å². The quantitative estimate of drug-likeness (QED) is 0.636. The van der Waals surface area contributed by atoms with Gasteiger partial charge in [0.25, 0.3) is 0 Å². The van der Waals surface area contributed by atoms with Crippen LogP contribution >= 0.6 is 11.8 Å². The molecule has 0 spiro atoms. The molecule has 0 aliphatic heterocycles. The van der Waals surface area contributed by atoms with Gasteiger partial charge in [-0.15, -0.1) is 0 Å². The van der Waals surface area contributed by atoms with E-state index in [0.29, 0.717) is 0 Å². The maximum absolute atomic E-state index is 12.1. The highest BCUT2D eigenvalue weighted by molar-refractivity contribution is 7.98. The molecular weight excluding hydrogens is 244 g/mol. The van der Waals surface area contributed by atoms with Crippen molar-refractivity contribution >= 4 is 17.7 Å². The highest BCUT2D eigenvalue weighted by atomic mass is 32.2. The Balaban J connectivity index is 3.78. The lowest BCUT2D eigenvalue weighted by Crippen LogP contribution is -2.55. The zero-order valence-electron chi connectivity index (χ0n) is 12.6. The van der Waals surface area contributed by atoms with Crippen LogP contribution in [0, 0.1) is 5.41 Å². The molecule has 3 N–H and O–H groups in total. The van der Waals surface area contributed by atoms with E-state index in [4.69, 9.17) is 5.73 Å². The summed E-state index contributed by atoms with van der Waals surface area (Å²) >= 11 is 1.89. The SMILES string of the molecule is CSCCCCCCNC(=O)C(C)(C)C(C)(C)N. The second-order valence-corrected chi connectivity index (χ2v) is 7.00. The van der Waals surface area contributed by atoms with Gasteiger partial charge in [0.1, 0.15) is 0 Å². The van der Waals surface area contributed by atoms with E-state index in [-0.39, 0.29) is 5.91 Å². The van der Waals surface area contributed by atoms with Crippen LogP contribution in [0.4, 0.5) is 0 Å². The molecule has 1 amide bonds. The lowest BCUT2D eigenvalue weighted by Gasteiger charge is -2.36. The van der Waals surface area contributed by atoms with Crippen LogP contribution in [0.5, 0.6) is 0 Å². The van der Waals surface area contributed by atoms with E-state index >= 15 is 0 Å². The first-order valence-electron chi connectivity index (χ1n) is 6.79. The first-order valence-corrected chi connectivity index (χ1v) is 8.19. The smallest absolute Gasteiger partial charge is 0.227 e. The first-order chi connectivity index (χ1) is 8.23. The van der Waals surface area contributed by atoms with Gasteiger partial charge >= 0.3 is 0 Å². The number of carbonyl (C=O) groups excluding carboxylic acids is 1. The van der Waals surface area contributed by atoms with Gasteiger partial charge in [0.15, 0.2) is 0 Å². The summed E-state index contributed by atoms with van der Waals surface area (Å²) < 4.78 is 0. The Labute approximate surface area is 117 Å². The van der Waals surface area contributed by atoms with Gasteiger partial charge in [0, 0.05) is 12.1 Å². The van der Waals surface area contributed by atoms with Gasteiger partial charge in [0.2, 0.25) is 5.91 Å². The van der Waals surface area contributed by atoms with E-state index in [2.05, 4.69) is 11.6 Å². The molecule has 0 aliphatic carbocycles. The molecule has 0 aromatic heterocycles. The summed E-state index contributed by atoms with van der Waals surface area (Å²) in [5, 5.41) is 3.00. The molecule has 0 rings (SSSR count). The molecule has 0 saturated heterocycles. The minimum absolute atomic E-state index is 0.0547. The zero-order valence-corrected chi connectivity index (χ0v) is 13.5. The molecule has 18 heavy (non-hydrogen) atoms. The Morgan fingerprint density at radius 1 is 1.11 bits per heavy atom. The fourth-order valence-electron chi connectivity index (χ4n) is 1.44. The van der Waals surface area contributed by atoms with Crippen molar-refractivity contribution in [3.05, 3.63) is 0 Å². The van der Waals surface area contributed by atoms with Gasteiger partial charge in [-0.3, -0.25) is 4.79 Å². The molecule has 0 fully saturated rings. The zero-order chi connectivity index (χ0) is 14.2. The predicted octanol–water partition coefficient (Wildman–Crippen LogP) is 2.79. The Morgan fingerprint density at radius 2 is 1.67 bits per heavy atom. The topological polar surface area (TPSA) is 55.1 Å². The molecular formula is C14H30N2OS. The van der Waals surface area contributed by atoms with Gasteiger partial charge in [-0.05, 0) is 52.5 Å². The van der Waals surface area contributed by atoms with Crippen molar-refractivity contribution in [3.63, 3.8) is 0 Å². The van der Waals surface area contributed by atoms with Gasteiger partial charge < -0.3 is 11.1 Å². The summed E-state index contributed by atoms with van der Waals surface area (Å²) in [5.74, 6) is 1.29. The standard InChI is InChI=1S/C14H30N2OS/c1-13(2,14(3,4)15)12(17)16-10-8-6-7-9-11-18-5/h6-11,15H2,1-5H3,(H,16,17). The average Bonchev–Trinajstić information content (AvgIpc) is 2.26. The number of unbranched alkanes of at least 4 members (excludes halogenated alkanes) is 3. The summed E-state index contributed by atoms with van der Waals surface area (Å²) in [6.07, 6.45) is 6.91. The van der Waals surface area contributed by atoms with E-state index in [1.54, 1.807) is 0 Å². The average molecular weight is 274 g/mol. The lowest BCUT2D eigenvalue weighted by atomic mass is 9.74. The summed E-state index contributed by atoms with van der Waals surface area (Å²) in [4.78, 5) is 12.1. The number of amides is 1. The second-order valence-electron chi connectivity index (χ2n) is 6.01. The first kappa shape index (κ1) is 17.8. The molecule has 0 atom stereocenters. The van der Waals surface area contributed by atoms with Crippen LogP contribution in [0.2, 0.25) is 0 Å². The molecule has 4 heteroatoms. The Morgan fingerprint density at radius 3 is 2.17 bits per heavy atom. The third-order valence-corrected chi connectivity index (χ3v) is 4.44. The molecule has 0 aliphatic rings. The van der Waals surface area contributed by atoms with Crippen molar-refractivity contribution in [2.45, 2.75) is 58.9 Å². The van der Waals surface area contributed by atoms with Gasteiger partial charge in [0.05, 0.1) is 5.41 Å². The monoisotopic (exact) mass is 274 g/mol. The fourth-order valence-corrected chi connectivity index (χ4v) is 1.93. The maximum Gasteiger partial charge on any atom is 0.227 e. The van der Waals surface area contributed by atoms with Crippen LogP contribution in [-0.4, -0.2) is 30.0 Å². The van der Waals surface area contributed by atoms with Crippen LogP contribution in [0.3, 0.4) is 0 Å². The van der Waals surface area contributed by atoms with Crippen molar-refractivity contribution in [3.8, 4) is 0 Å². The molecule has 0 aromatic carbocycles. The predicted molar refractivity (Wildman–Crippen MR) is 81.9 cm³/mol. The van der Waals surface area contributed by atoms with Crippen molar-refractivity contribution < 1.29 is 4.79 Å². The van der Waals surface area contributed by atoms with Gasteiger partial charge in [-0.25, -0.2) is 0 Å². The van der Waals surface area contributed by atoms with Crippen molar-refractivity contribution in [2.24, 2.45) is 11.1 Å². The highest BCUT2D eigenvalue weighted by Gasteiger charge is 2.39. The molecule has 0 saturated carbocycles. The molecule has 0 radical (unpaired) electrons. The summed E-state index contributed by atoms with van der Waals surface area (Å²) in [7, 11) is 0. The number of rotatable bonds is 9. The van der Waals surface area contributed by atoms with E-state index in [1.807, 2.05) is 39.5 Å². The molecule has 0 bridgehead atoms. The molecule has 0 heterocycles. The fraction of sp³-hybridized carbons (Fsp3) is 0.929. The lowest BCUT2D eigenvalue weighted by molar-refractivity contribution is -0.132. The van der Waals surface area contributed by atoms with Crippen molar-refractivity contribution in [1.29, 1.82) is 0 Å². The van der Waals surface area contributed by atoms with Crippen LogP contribution in [-0.2, 0) is 4.79 Å². The second kappa shape index (κ2) is 8.05. The largest absolute Gasteiger partial charge is 0.356 e. The third-order valence-electron chi connectivity index (χ3n) is 3.74. The van der Waals surface area contributed by atoms with Crippen LogP contribution in [0.15, 0.2) is 0 Å². The minimum Gasteiger partial charge on any atom is -0.356 e. The number of thioether (sulfide) groups is 1. The Bertz CT molecular complexity index is 247. The number of nitrogens with one attached hydrogen (secondary N) is 1. The van der Waals surface area contributed by atoms with E-state index in [1.165, 1.54) is 25.0 Å². The number of nitrogens with two attached hydrogens (primary N) is 1. The van der Waals surface area contributed by atoms with E-state index in [9.17, 15) is 4.79 Å². The summed E-state index contributed by atoms with van der Waals surface area (Å²) in [5.41, 5.74) is 5.00. The van der Waals surface area contributed by atoms with E-state index < -0.39 is 11.0 Å². The highest BCUT2D eigenvalue weighted by Crippen LogP contribution is 2.28. The van der Waals surface area contributed by atoms with Gasteiger partial charge in [-0.1, -0.05) is 12.8 Å². The molecule has 108 valence electrons. The van der Waals surface area contributed by atoms with Crippen LogP contribution in [0.25, 0.3) is 0 Å². The van der Waals surface area contributed by atoms with E-state index in [0.717, 1.165) is 13.0 Å². The Hall–Kier alpha value is -0.220. The van der Waals surface area contributed by atoms with Crippen LogP contribution in [0.1, 0.15) is 53.4 Å². The normalized spacial score (nSPS) is 12.6. The number of hydrogen-bond acceptors (Lipinski definition) is 3. The Kier molecular flexibility index (Phi) is 7.95. The summed E-state index contributed by atoms with van der Waals surface area (Å²) in [6.45, 7) is 8.36. The maximum atomic E-state index is 12.1. The third kappa shape index (κ3) is 6.10. The summed E-state index contributed by atoms with van der Waals surface area (Å²) in [6, 6.07) is 0.